The minimum Gasteiger partial charge on any atom is -0.348 e. The lowest BCUT2D eigenvalue weighted by atomic mass is 9.83. The summed E-state index contributed by atoms with van der Waals surface area (Å²) >= 11 is 29.9. The number of alkyl halides is 3. The molecular formula is C21H20Cl4N4O2S. The third-order valence-corrected chi connectivity index (χ3v) is 7.03. The summed E-state index contributed by atoms with van der Waals surface area (Å²) in [6.45, 7) is 1.94. The molecule has 0 aliphatic carbocycles. The van der Waals surface area contributed by atoms with Crippen LogP contribution in [0.3, 0.4) is 0 Å². The van der Waals surface area contributed by atoms with E-state index in [4.69, 9.17) is 58.6 Å². The van der Waals surface area contributed by atoms with E-state index >= 15 is 0 Å². The van der Waals surface area contributed by atoms with Gasteiger partial charge >= 0.3 is 0 Å². The Hall–Kier alpha value is -1.51. The number of fused-ring (bicyclic) bond motifs is 4. The highest BCUT2D eigenvalue weighted by atomic mass is 35.6. The highest BCUT2D eigenvalue weighted by Gasteiger charge is 2.39. The molecule has 6 nitrogen and oxygen atoms in total. The zero-order valence-corrected chi connectivity index (χ0v) is 20.6. The van der Waals surface area contributed by atoms with Gasteiger partial charge in [-0.15, -0.1) is 0 Å². The number of piperidine rings is 1. The normalized spacial score (nSPS) is 20.8. The summed E-state index contributed by atoms with van der Waals surface area (Å²) in [5, 5.41) is 6.57. The molecule has 32 heavy (non-hydrogen) atoms. The third kappa shape index (κ3) is 5.18. The second-order valence-corrected chi connectivity index (χ2v) is 11.2. The molecule has 2 N–H and O–H groups in total. The number of rotatable bonds is 3. The number of nitrogens with zero attached hydrogens (tertiary/aromatic N) is 2. The van der Waals surface area contributed by atoms with Crippen molar-refractivity contribution in [2.24, 2.45) is 5.92 Å². The van der Waals surface area contributed by atoms with Crippen LogP contribution in [0.5, 0.6) is 0 Å². The highest BCUT2D eigenvalue weighted by Crippen LogP contribution is 2.35. The van der Waals surface area contributed by atoms with Gasteiger partial charge in [0, 0.05) is 47.9 Å². The summed E-state index contributed by atoms with van der Waals surface area (Å²) < 4.78 is 0.000814. The predicted molar refractivity (Wildman–Crippen MR) is 132 cm³/mol. The number of benzene rings is 1. The van der Waals surface area contributed by atoms with Crippen molar-refractivity contribution < 1.29 is 4.79 Å². The number of carbonyl (C=O) groups excluding carboxylic acids is 1. The van der Waals surface area contributed by atoms with E-state index in [1.54, 1.807) is 36.4 Å². The van der Waals surface area contributed by atoms with Gasteiger partial charge in [0.25, 0.3) is 11.5 Å². The SMILES string of the molecule is O=C(NC(NC(=S)N1C[C@@H]2C[C@@H](C1)c1cccc(=O)n1C2)C(Cl)(Cl)Cl)c1ccc(Cl)cc1. The number of aromatic nitrogens is 1. The Balaban J connectivity index is 1.47. The molecule has 1 amide bonds. The molecule has 1 fully saturated rings. The molecule has 0 radical (unpaired) electrons. The molecule has 4 rings (SSSR count). The predicted octanol–water partition coefficient (Wildman–Crippen LogP) is 3.92. The first-order valence-corrected chi connectivity index (χ1v) is 11.9. The second-order valence-electron chi connectivity index (χ2n) is 8.01. The number of amides is 1. The van der Waals surface area contributed by atoms with Crippen LogP contribution in [-0.4, -0.2) is 43.5 Å². The average Bonchev–Trinajstić information content (AvgIpc) is 2.73. The summed E-state index contributed by atoms with van der Waals surface area (Å²) in [6, 6.07) is 11.7. The molecule has 3 atom stereocenters. The lowest BCUT2D eigenvalue weighted by Crippen LogP contribution is -2.60. The summed E-state index contributed by atoms with van der Waals surface area (Å²) in [7, 11) is 0. The van der Waals surface area contributed by atoms with E-state index in [2.05, 4.69) is 10.6 Å². The van der Waals surface area contributed by atoms with Crippen LogP contribution in [-0.2, 0) is 6.54 Å². The van der Waals surface area contributed by atoms with Crippen LogP contribution in [0.1, 0.15) is 28.4 Å². The van der Waals surface area contributed by atoms with E-state index < -0.39 is 15.9 Å². The molecule has 0 saturated carbocycles. The van der Waals surface area contributed by atoms with Crippen molar-refractivity contribution in [3.05, 3.63) is 69.1 Å². The zero-order chi connectivity index (χ0) is 23.0. The van der Waals surface area contributed by atoms with E-state index in [9.17, 15) is 9.59 Å². The van der Waals surface area contributed by atoms with Gasteiger partial charge in [0.1, 0.15) is 6.17 Å². The molecular weight excluding hydrogens is 514 g/mol. The number of pyridine rings is 1. The van der Waals surface area contributed by atoms with Crippen molar-refractivity contribution in [2.75, 3.05) is 13.1 Å². The number of likely N-dealkylation sites (tertiary alicyclic amines) is 1. The van der Waals surface area contributed by atoms with E-state index in [-0.39, 0.29) is 17.4 Å². The molecule has 1 aromatic carbocycles. The first-order chi connectivity index (χ1) is 15.1. The van der Waals surface area contributed by atoms with Crippen LogP contribution in [0, 0.1) is 5.92 Å². The van der Waals surface area contributed by atoms with Crippen LogP contribution < -0.4 is 16.2 Å². The van der Waals surface area contributed by atoms with E-state index in [0.29, 0.717) is 35.3 Å². The van der Waals surface area contributed by atoms with Gasteiger partial charge < -0.3 is 20.1 Å². The Morgan fingerprint density at radius 1 is 1.06 bits per heavy atom. The molecule has 1 saturated heterocycles. The Labute approximate surface area is 210 Å². The quantitative estimate of drug-likeness (QED) is 0.355. The molecule has 2 aliphatic rings. The van der Waals surface area contributed by atoms with Crippen molar-refractivity contribution in [2.45, 2.75) is 28.8 Å². The monoisotopic (exact) mass is 532 g/mol. The topological polar surface area (TPSA) is 66.4 Å². The van der Waals surface area contributed by atoms with Gasteiger partial charge in [-0.1, -0.05) is 52.5 Å². The summed E-state index contributed by atoms with van der Waals surface area (Å²) in [4.78, 5) is 26.9. The fourth-order valence-electron chi connectivity index (χ4n) is 4.29. The van der Waals surface area contributed by atoms with Gasteiger partial charge in [0.15, 0.2) is 5.11 Å². The van der Waals surface area contributed by atoms with E-state index in [1.807, 2.05) is 15.5 Å². The number of hydrogen-bond acceptors (Lipinski definition) is 3. The van der Waals surface area contributed by atoms with Crippen LogP contribution >= 0.6 is 58.6 Å². The molecule has 11 heteroatoms. The molecule has 3 heterocycles. The molecule has 0 spiro atoms. The molecule has 1 unspecified atom stereocenters. The van der Waals surface area contributed by atoms with Crippen LogP contribution in [0.4, 0.5) is 0 Å². The third-order valence-electron chi connectivity index (χ3n) is 5.74. The summed E-state index contributed by atoms with van der Waals surface area (Å²) in [6.07, 6.45) is -0.0659. The van der Waals surface area contributed by atoms with Crippen LogP contribution in [0.25, 0.3) is 0 Å². The van der Waals surface area contributed by atoms with E-state index in [1.165, 1.54) is 0 Å². The van der Waals surface area contributed by atoms with Gasteiger partial charge in [-0.05, 0) is 54.9 Å². The maximum Gasteiger partial charge on any atom is 0.252 e. The van der Waals surface area contributed by atoms with Gasteiger partial charge in [-0.2, -0.15) is 0 Å². The lowest BCUT2D eigenvalue weighted by molar-refractivity contribution is 0.0933. The molecule has 1 aromatic heterocycles. The van der Waals surface area contributed by atoms with Gasteiger partial charge in [-0.25, -0.2) is 0 Å². The Morgan fingerprint density at radius 2 is 1.78 bits per heavy atom. The second kappa shape index (κ2) is 9.39. The van der Waals surface area contributed by atoms with Gasteiger partial charge in [-0.3, -0.25) is 9.59 Å². The van der Waals surface area contributed by atoms with Gasteiger partial charge in [0.05, 0.1) is 0 Å². The summed E-state index contributed by atoms with van der Waals surface area (Å²) in [5.41, 5.74) is 1.40. The van der Waals surface area contributed by atoms with Gasteiger partial charge in [0.2, 0.25) is 3.79 Å². The maximum atomic E-state index is 12.6. The van der Waals surface area contributed by atoms with Crippen LogP contribution in [0.2, 0.25) is 5.02 Å². The van der Waals surface area contributed by atoms with Crippen molar-refractivity contribution in [3.8, 4) is 0 Å². The fourth-order valence-corrected chi connectivity index (χ4v) is 5.01. The number of nitrogens with one attached hydrogen (secondary N) is 2. The highest BCUT2D eigenvalue weighted by molar-refractivity contribution is 7.80. The molecule has 170 valence electrons. The Morgan fingerprint density at radius 3 is 2.47 bits per heavy atom. The standard InChI is InChI=1S/C21H20Cl4N4O2S/c22-15-6-4-13(5-7-15)18(31)26-19(21(23,24)25)27-20(32)28-9-12-8-14(11-28)16-2-1-3-17(30)29(16)10-12/h1-7,12,14,19H,8-11H2,(H,26,31)(H,27,32)/t12-,14-,19?/m0/s1. The summed E-state index contributed by atoms with van der Waals surface area (Å²) in [5.74, 6) is 0.0131. The zero-order valence-electron chi connectivity index (χ0n) is 16.7. The largest absolute Gasteiger partial charge is 0.348 e. The van der Waals surface area contributed by atoms with Crippen molar-refractivity contribution in [3.63, 3.8) is 0 Å². The van der Waals surface area contributed by atoms with E-state index in [0.717, 1.165) is 12.1 Å². The minimum absolute atomic E-state index is 0.0209. The number of carbonyl (C=O) groups is 1. The van der Waals surface area contributed by atoms with Crippen molar-refractivity contribution in [1.82, 2.24) is 20.1 Å². The first-order valence-electron chi connectivity index (χ1n) is 10.00. The van der Waals surface area contributed by atoms with Crippen molar-refractivity contribution in [1.29, 1.82) is 0 Å². The maximum absolute atomic E-state index is 12.6. The first kappa shape index (κ1) is 23.6. The minimum atomic E-state index is -1.85. The molecule has 2 bridgehead atoms. The lowest BCUT2D eigenvalue weighted by Gasteiger charge is -2.44. The fraction of sp³-hybridized carbons (Fsp3) is 0.381. The molecule has 2 aliphatic heterocycles. The number of thiocarbonyl (C=S) groups is 1. The van der Waals surface area contributed by atoms with Crippen LogP contribution in [0.15, 0.2) is 47.3 Å². The van der Waals surface area contributed by atoms with Crippen molar-refractivity contribution >= 4 is 69.6 Å². The smallest absolute Gasteiger partial charge is 0.252 e. The number of hydrogen-bond donors (Lipinski definition) is 2. The molecule has 2 aromatic rings. The Kier molecular flexibility index (Phi) is 6.94. The average molecular weight is 534 g/mol. The Bertz CT molecular complexity index is 1090. The number of halogens is 4.